The van der Waals surface area contributed by atoms with Crippen molar-refractivity contribution >= 4 is 38.8 Å². The van der Waals surface area contributed by atoms with Crippen molar-refractivity contribution in [3.8, 4) is 0 Å². The summed E-state index contributed by atoms with van der Waals surface area (Å²) in [4.78, 5) is 22.9. The minimum atomic E-state index is -0.0559. The molecule has 128 valence electrons. The maximum absolute atomic E-state index is 12.8. The van der Waals surface area contributed by atoms with Gasteiger partial charge in [-0.05, 0) is 31.9 Å². The van der Waals surface area contributed by atoms with Crippen molar-refractivity contribution in [1.82, 2.24) is 15.3 Å². The van der Waals surface area contributed by atoms with Crippen LogP contribution in [0.3, 0.4) is 0 Å². The van der Waals surface area contributed by atoms with E-state index in [0.717, 1.165) is 33.3 Å². The van der Waals surface area contributed by atoms with Crippen LogP contribution >= 0.6 is 22.7 Å². The monoisotopic (exact) mass is 369 g/mol. The molecule has 0 fully saturated rings. The highest BCUT2D eigenvalue weighted by atomic mass is 32.1. The number of carbonyl (C=O) groups excluding carboxylic acids is 1. The lowest BCUT2D eigenvalue weighted by Gasteiger charge is -2.25. The Bertz CT molecular complexity index is 895. The van der Waals surface area contributed by atoms with Gasteiger partial charge in [0.15, 0.2) is 0 Å². The second kappa shape index (κ2) is 7.06. The van der Waals surface area contributed by atoms with Gasteiger partial charge in [-0.1, -0.05) is 24.3 Å². The fourth-order valence-electron chi connectivity index (χ4n) is 3.22. The second-order valence-electron chi connectivity index (χ2n) is 6.24. The zero-order chi connectivity index (χ0) is 17.2. The highest BCUT2D eigenvalue weighted by Crippen LogP contribution is 2.38. The molecule has 2 atom stereocenters. The number of nitrogens with one attached hydrogen (secondary N) is 1. The van der Waals surface area contributed by atoms with Gasteiger partial charge in [0.1, 0.15) is 0 Å². The van der Waals surface area contributed by atoms with Crippen molar-refractivity contribution in [2.45, 2.75) is 32.2 Å². The lowest BCUT2D eigenvalue weighted by molar-refractivity contribution is -0.125. The number of nitrogens with zero attached hydrogens (tertiary/aromatic N) is 2. The number of fused-ring (bicyclic) bond motifs is 1. The third-order valence-electron chi connectivity index (χ3n) is 4.50. The summed E-state index contributed by atoms with van der Waals surface area (Å²) in [5.41, 5.74) is 1.02. The number of hydrogen-bond donors (Lipinski definition) is 1. The molecule has 0 bridgehead atoms. The van der Waals surface area contributed by atoms with Gasteiger partial charge < -0.3 is 5.32 Å². The van der Waals surface area contributed by atoms with E-state index in [0.29, 0.717) is 6.54 Å². The number of hydrogen-bond acceptors (Lipinski definition) is 5. The van der Waals surface area contributed by atoms with E-state index in [1.54, 1.807) is 22.7 Å². The van der Waals surface area contributed by atoms with Crippen LogP contribution in [-0.2, 0) is 11.3 Å². The SMILES string of the molecule is Cc1ncc(CNC(=O)C2CC=CCC2c2nc3ccccc3s2)s1. The molecule has 0 spiro atoms. The zero-order valence-corrected chi connectivity index (χ0v) is 15.6. The number of benzene rings is 1. The van der Waals surface area contributed by atoms with Gasteiger partial charge >= 0.3 is 0 Å². The fourth-order valence-corrected chi connectivity index (χ4v) is 5.10. The van der Waals surface area contributed by atoms with Crippen LogP contribution in [-0.4, -0.2) is 15.9 Å². The van der Waals surface area contributed by atoms with Gasteiger partial charge in [0, 0.05) is 17.0 Å². The molecule has 2 heterocycles. The van der Waals surface area contributed by atoms with Crippen LogP contribution in [0.25, 0.3) is 10.2 Å². The van der Waals surface area contributed by atoms with E-state index >= 15 is 0 Å². The van der Waals surface area contributed by atoms with Crippen LogP contribution in [0.5, 0.6) is 0 Å². The van der Waals surface area contributed by atoms with E-state index in [1.807, 2.05) is 31.3 Å². The van der Waals surface area contributed by atoms with Crippen molar-refractivity contribution in [2.24, 2.45) is 5.92 Å². The topological polar surface area (TPSA) is 54.9 Å². The van der Waals surface area contributed by atoms with Gasteiger partial charge in [0.25, 0.3) is 0 Å². The summed E-state index contributed by atoms with van der Waals surface area (Å²) in [6.45, 7) is 2.53. The minimum absolute atomic E-state index is 0.0559. The summed E-state index contributed by atoms with van der Waals surface area (Å²) in [5, 5.41) is 5.18. The van der Waals surface area contributed by atoms with Crippen molar-refractivity contribution in [2.75, 3.05) is 0 Å². The smallest absolute Gasteiger partial charge is 0.224 e. The molecule has 2 aromatic heterocycles. The van der Waals surface area contributed by atoms with Crippen molar-refractivity contribution in [3.63, 3.8) is 0 Å². The van der Waals surface area contributed by atoms with E-state index in [4.69, 9.17) is 4.98 Å². The molecular weight excluding hydrogens is 350 g/mol. The highest BCUT2D eigenvalue weighted by molar-refractivity contribution is 7.18. The Morgan fingerprint density at radius 2 is 2.08 bits per heavy atom. The first-order valence-corrected chi connectivity index (χ1v) is 10.0. The first-order chi connectivity index (χ1) is 12.2. The maximum atomic E-state index is 12.8. The first kappa shape index (κ1) is 16.4. The molecule has 1 aliphatic rings. The number of carbonyl (C=O) groups is 1. The molecule has 1 amide bonds. The standard InChI is InChI=1S/C19H19N3OS2/c1-12-20-10-13(24-12)11-21-18(23)14-6-2-3-7-15(14)19-22-16-8-4-5-9-17(16)25-19/h2-5,8-10,14-15H,6-7,11H2,1H3,(H,21,23). The van der Waals surface area contributed by atoms with Crippen LogP contribution in [0.15, 0.2) is 42.6 Å². The summed E-state index contributed by atoms with van der Waals surface area (Å²) in [6.07, 6.45) is 7.77. The molecule has 0 aliphatic heterocycles. The second-order valence-corrected chi connectivity index (χ2v) is 8.62. The molecule has 25 heavy (non-hydrogen) atoms. The Morgan fingerprint density at radius 1 is 1.24 bits per heavy atom. The van der Waals surface area contributed by atoms with Gasteiger partial charge in [0.05, 0.1) is 32.7 Å². The molecule has 0 radical (unpaired) electrons. The number of aryl methyl sites for hydroxylation is 1. The van der Waals surface area contributed by atoms with Crippen molar-refractivity contribution < 1.29 is 4.79 Å². The Morgan fingerprint density at radius 3 is 2.88 bits per heavy atom. The zero-order valence-electron chi connectivity index (χ0n) is 13.9. The Hall–Kier alpha value is -2.05. The maximum Gasteiger partial charge on any atom is 0.224 e. The molecule has 3 aromatic rings. The minimum Gasteiger partial charge on any atom is -0.351 e. The third kappa shape index (κ3) is 3.50. The van der Waals surface area contributed by atoms with E-state index in [9.17, 15) is 4.79 Å². The van der Waals surface area contributed by atoms with Crippen molar-refractivity contribution in [3.05, 3.63) is 57.5 Å². The van der Waals surface area contributed by atoms with Gasteiger partial charge in [-0.25, -0.2) is 9.97 Å². The van der Waals surface area contributed by atoms with Crippen molar-refractivity contribution in [1.29, 1.82) is 0 Å². The predicted molar refractivity (Wildman–Crippen MR) is 103 cm³/mol. The van der Waals surface area contributed by atoms with Gasteiger partial charge in [-0.15, -0.1) is 22.7 Å². The average molecular weight is 370 g/mol. The highest BCUT2D eigenvalue weighted by Gasteiger charge is 2.32. The quantitative estimate of drug-likeness (QED) is 0.692. The van der Waals surface area contributed by atoms with Gasteiger partial charge in [-0.3, -0.25) is 4.79 Å². The van der Waals surface area contributed by atoms with Crippen LogP contribution in [0.4, 0.5) is 0 Å². The van der Waals surface area contributed by atoms with Crippen LogP contribution in [0.2, 0.25) is 0 Å². The van der Waals surface area contributed by atoms with Crippen LogP contribution in [0.1, 0.15) is 33.7 Å². The summed E-state index contributed by atoms with van der Waals surface area (Å²) >= 11 is 3.34. The summed E-state index contributed by atoms with van der Waals surface area (Å²) in [5.74, 6) is 0.213. The van der Waals surface area contributed by atoms with Gasteiger partial charge in [-0.2, -0.15) is 0 Å². The van der Waals surface area contributed by atoms with E-state index in [2.05, 4.69) is 28.5 Å². The number of amides is 1. The van der Waals surface area contributed by atoms with Crippen LogP contribution in [0, 0.1) is 12.8 Å². The molecule has 2 unspecified atom stereocenters. The molecule has 0 saturated carbocycles. The molecule has 4 nitrogen and oxygen atoms in total. The molecule has 4 rings (SSSR count). The molecular formula is C19H19N3OS2. The molecule has 1 N–H and O–H groups in total. The number of allylic oxidation sites excluding steroid dienone is 2. The summed E-state index contributed by atoms with van der Waals surface area (Å²) in [6, 6.07) is 8.17. The Balaban J connectivity index is 1.52. The predicted octanol–water partition coefficient (Wildman–Crippen LogP) is 4.43. The summed E-state index contributed by atoms with van der Waals surface area (Å²) < 4.78 is 1.19. The van der Waals surface area contributed by atoms with Gasteiger partial charge in [0.2, 0.25) is 5.91 Å². The van der Waals surface area contributed by atoms with E-state index in [1.165, 1.54) is 4.70 Å². The molecule has 1 aromatic carbocycles. The normalized spacial score (nSPS) is 20.0. The van der Waals surface area contributed by atoms with E-state index in [-0.39, 0.29) is 17.7 Å². The Kier molecular flexibility index (Phi) is 4.63. The first-order valence-electron chi connectivity index (χ1n) is 8.40. The lowest BCUT2D eigenvalue weighted by Crippen LogP contribution is -2.34. The molecule has 6 heteroatoms. The average Bonchev–Trinajstić information content (AvgIpc) is 3.25. The number of thiazole rings is 2. The number of rotatable bonds is 4. The lowest BCUT2D eigenvalue weighted by atomic mass is 9.82. The van der Waals surface area contributed by atoms with Crippen LogP contribution < -0.4 is 5.32 Å². The third-order valence-corrected chi connectivity index (χ3v) is 6.58. The summed E-state index contributed by atoms with van der Waals surface area (Å²) in [7, 11) is 0. The molecule has 0 saturated heterocycles. The Labute approximate surface area is 154 Å². The largest absolute Gasteiger partial charge is 0.351 e. The molecule has 1 aliphatic carbocycles. The van der Waals surface area contributed by atoms with E-state index < -0.39 is 0 Å². The number of para-hydroxylation sites is 1. The fraction of sp³-hybridized carbons (Fsp3) is 0.316. The number of aromatic nitrogens is 2.